The van der Waals surface area contributed by atoms with Crippen molar-refractivity contribution in [1.29, 1.82) is 0 Å². The summed E-state index contributed by atoms with van der Waals surface area (Å²) in [6, 6.07) is 11.4. The van der Waals surface area contributed by atoms with Crippen LogP contribution in [0.2, 0.25) is 0 Å². The standard InChI is InChI=1S/C17H15N5O5S/c1-26-14-8-12(22(24)25)7-11(16(14)23)9-18-21-15(19-20-17(21)28)10-27-13-5-3-2-4-6-13/h2-9,23H,10H2,1H3,(H,20,28)/b18-9-. The maximum Gasteiger partial charge on any atom is 0.274 e. The lowest BCUT2D eigenvalue weighted by Crippen LogP contribution is -2.04. The van der Waals surface area contributed by atoms with Gasteiger partial charge in [-0.05, 0) is 24.4 Å². The molecule has 2 aromatic carbocycles. The Bertz CT molecular complexity index is 1080. The van der Waals surface area contributed by atoms with Crippen LogP contribution in [0.15, 0.2) is 47.6 Å². The van der Waals surface area contributed by atoms with Crippen molar-refractivity contribution in [2.75, 3.05) is 7.11 Å². The molecule has 0 aliphatic carbocycles. The van der Waals surface area contributed by atoms with E-state index in [1.165, 1.54) is 24.1 Å². The number of nitrogens with one attached hydrogen (secondary N) is 1. The van der Waals surface area contributed by atoms with E-state index < -0.39 is 4.92 Å². The first-order valence-corrected chi connectivity index (χ1v) is 8.34. The molecule has 0 atom stereocenters. The van der Waals surface area contributed by atoms with E-state index in [1.807, 2.05) is 18.2 Å². The molecule has 3 rings (SSSR count). The Kier molecular flexibility index (Phi) is 5.65. The molecule has 0 fully saturated rings. The summed E-state index contributed by atoms with van der Waals surface area (Å²) in [5.41, 5.74) is -0.163. The number of hydrogen-bond acceptors (Lipinski definition) is 8. The number of para-hydroxylation sites is 1. The van der Waals surface area contributed by atoms with Gasteiger partial charge in [-0.3, -0.25) is 10.1 Å². The maximum atomic E-state index is 11.1. The molecule has 2 N–H and O–H groups in total. The smallest absolute Gasteiger partial charge is 0.274 e. The lowest BCUT2D eigenvalue weighted by Gasteiger charge is -2.07. The number of nitrogens with zero attached hydrogens (tertiary/aromatic N) is 4. The van der Waals surface area contributed by atoms with Gasteiger partial charge in [-0.1, -0.05) is 18.2 Å². The van der Waals surface area contributed by atoms with Gasteiger partial charge < -0.3 is 14.6 Å². The molecule has 3 aromatic rings. The lowest BCUT2D eigenvalue weighted by atomic mass is 10.2. The first-order chi connectivity index (χ1) is 13.5. The lowest BCUT2D eigenvalue weighted by molar-refractivity contribution is -0.385. The zero-order valence-corrected chi connectivity index (χ0v) is 15.4. The molecule has 1 aromatic heterocycles. The van der Waals surface area contributed by atoms with Gasteiger partial charge in [-0.2, -0.15) is 14.9 Å². The van der Waals surface area contributed by atoms with Crippen LogP contribution in [0.3, 0.4) is 0 Å². The number of aromatic nitrogens is 3. The topological polar surface area (TPSA) is 128 Å². The van der Waals surface area contributed by atoms with Gasteiger partial charge in [0.2, 0.25) is 4.77 Å². The van der Waals surface area contributed by atoms with Gasteiger partial charge in [0.15, 0.2) is 17.3 Å². The van der Waals surface area contributed by atoms with E-state index in [1.54, 1.807) is 12.1 Å². The van der Waals surface area contributed by atoms with Crippen molar-refractivity contribution in [3.05, 3.63) is 68.7 Å². The van der Waals surface area contributed by atoms with Crippen molar-refractivity contribution in [2.24, 2.45) is 5.10 Å². The number of non-ortho nitro benzene ring substituents is 1. The highest BCUT2D eigenvalue weighted by Gasteiger charge is 2.16. The summed E-state index contributed by atoms with van der Waals surface area (Å²) in [7, 11) is 1.30. The summed E-state index contributed by atoms with van der Waals surface area (Å²) in [4.78, 5) is 10.5. The largest absolute Gasteiger partial charge is 0.504 e. The number of hydrogen-bond donors (Lipinski definition) is 2. The highest BCUT2D eigenvalue weighted by Crippen LogP contribution is 2.33. The number of H-pyrrole nitrogens is 1. The van der Waals surface area contributed by atoms with Gasteiger partial charge >= 0.3 is 0 Å². The third-order valence-electron chi connectivity index (χ3n) is 3.66. The van der Waals surface area contributed by atoms with Gasteiger partial charge in [0.05, 0.1) is 24.3 Å². The van der Waals surface area contributed by atoms with E-state index in [0.29, 0.717) is 11.6 Å². The average molecular weight is 401 g/mol. The van der Waals surface area contributed by atoms with Crippen molar-refractivity contribution in [1.82, 2.24) is 14.9 Å². The fraction of sp³-hybridized carbons (Fsp3) is 0.118. The fourth-order valence-electron chi connectivity index (χ4n) is 2.30. The van der Waals surface area contributed by atoms with Gasteiger partial charge in [-0.25, -0.2) is 5.10 Å². The molecule has 0 saturated carbocycles. The Labute approximate surface area is 163 Å². The second-order valence-electron chi connectivity index (χ2n) is 5.45. The Hall–Kier alpha value is -3.73. The van der Waals surface area contributed by atoms with Crippen LogP contribution in [0.4, 0.5) is 5.69 Å². The van der Waals surface area contributed by atoms with Crippen molar-refractivity contribution in [3.63, 3.8) is 0 Å². The van der Waals surface area contributed by atoms with Crippen LogP contribution in [0, 0.1) is 14.9 Å². The third-order valence-corrected chi connectivity index (χ3v) is 3.93. The number of ether oxygens (including phenoxy) is 2. The Morgan fingerprint density at radius 3 is 2.82 bits per heavy atom. The minimum absolute atomic E-state index is 0.0425. The Morgan fingerprint density at radius 2 is 2.14 bits per heavy atom. The van der Waals surface area contributed by atoms with Gasteiger partial charge in [0.25, 0.3) is 5.69 Å². The van der Waals surface area contributed by atoms with Crippen LogP contribution < -0.4 is 9.47 Å². The monoisotopic (exact) mass is 401 g/mol. The molecular weight excluding hydrogens is 386 g/mol. The van der Waals surface area contributed by atoms with E-state index in [0.717, 1.165) is 6.07 Å². The molecule has 11 heteroatoms. The first kappa shape index (κ1) is 19.0. The second-order valence-corrected chi connectivity index (χ2v) is 5.83. The molecule has 0 amide bonds. The van der Waals surface area contributed by atoms with E-state index in [-0.39, 0.29) is 34.1 Å². The zero-order valence-electron chi connectivity index (χ0n) is 14.6. The highest BCUT2D eigenvalue weighted by molar-refractivity contribution is 7.71. The van der Waals surface area contributed by atoms with Crippen LogP contribution >= 0.6 is 12.2 Å². The van der Waals surface area contributed by atoms with Crippen LogP contribution in [0.5, 0.6) is 17.2 Å². The van der Waals surface area contributed by atoms with Crippen LogP contribution in [-0.2, 0) is 6.61 Å². The number of nitro groups is 1. The van der Waals surface area contributed by atoms with Crippen LogP contribution in [0.1, 0.15) is 11.4 Å². The summed E-state index contributed by atoms with van der Waals surface area (Å²) in [5, 5.41) is 32.1. The molecule has 10 nitrogen and oxygen atoms in total. The number of phenols is 1. The summed E-state index contributed by atoms with van der Waals surface area (Å²) < 4.78 is 12.1. The Morgan fingerprint density at radius 1 is 1.39 bits per heavy atom. The van der Waals surface area contributed by atoms with E-state index in [2.05, 4.69) is 15.3 Å². The third kappa shape index (κ3) is 4.15. The molecule has 0 saturated heterocycles. The molecule has 0 radical (unpaired) electrons. The number of aromatic amines is 1. The molecule has 28 heavy (non-hydrogen) atoms. The minimum Gasteiger partial charge on any atom is -0.504 e. The van der Waals surface area contributed by atoms with Crippen molar-refractivity contribution >= 4 is 24.1 Å². The fourth-order valence-corrected chi connectivity index (χ4v) is 2.49. The number of aromatic hydroxyl groups is 1. The molecule has 0 unspecified atom stereocenters. The number of phenolic OH excluding ortho intramolecular Hbond substituents is 1. The molecule has 0 spiro atoms. The van der Waals surface area contributed by atoms with E-state index in [9.17, 15) is 15.2 Å². The molecule has 0 aliphatic heterocycles. The number of benzene rings is 2. The number of nitro benzene ring substituents is 1. The van der Waals surface area contributed by atoms with Crippen LogP contribution in [0.25, 0.3) is 0 Å². The maximum absolute atomic E-state index is 11.1. The van der Waals surface area contributed by atoms with Gasteiger partial charge in [0, 0.05) is 11.6 Å². The number of methoxy groups -OCH3 is 1. The van der Waals surface area contributed by atoms with Gasteiger partial charge in [0.1, 0.15) is 12.4 Å². The predicted molar refractivity (Wildman–Crippen MR) is 102 cm³/mol. The van der Waals surface area contributed by atoms with Crippen molar-refractivity contribution < 1.29 is 19.5 Å². The quantitative estimate of drug-likeness (QED) is 0.269. The molecule has 0 bridgehead atoms. The predicted octanol–water partition coefficient (Wildman–Crippen LogP) is 3.02. The van der Waals surface area contributed by atoms with E-state index >= 15 is 0 Å². The number of rotatable bonds is 7. The normalized spacial score (nSPS) is 10.9. The van der Waals surface area contributed by atoms with Crippen molar-refractivity contribution in [3.8, 4) is 17.2 Å². The zero-order chi connectivity index (χ0) is 20.1. The summed E-state index contributed by atoms with van der Waals surface area (Å²) in [6.45, 7) is 0.0821. The molecule has 1 heterocycles. The minimum atomic E-state index is -0.595. The second kappa shape index (κ2) is 8.31. The summed E-state index contributed by atoms with van der Waals surface area (Å²) in [6.07, 6.45) is 1.22. The van der Waals surface area contributed by atoms with E-state index in [4.69, 9.17) is 21.7 Å². The molecule has 0 aliphatic rings. The summed E-state index contributed by atoms with van der Waals surface area (Å²) >= 11 is 5.15. The van der Waals surface area contributed by atoms with Crippen LogP contribution in [-0.4, -0.2) is 38.2 Å². The SMILES string of the molecule is COc1cc([N+](=O)[O-])cc(/C=N\n2c(COc3ccccc3)n[nH]c2=S)c1O. The first-order valence-electron chi connectivity index (χ1n) is 7.93. The highest BCUT2D eigenvalue weighted by atomic mass is 32.1. The van der Waals surface area contributed by atoms with Gasteiger partial charge in [-0.15, -0.1) is 0 Å². The molecular formula is C17H15N5O5S. The average Bonchev–Trinajstić information content (AvgIpc) is 3.05. The Balaban J connectivity index is 1.89. The molecule has 144 valence electrons. The van der Waals surface area contributed by atoms with Crippen molar-refractivity contribution in [2.45, 2.75) is 6.61 Å². The summed E-state index contributed by atoms with van der Waals surface area (Å²) in [5.74, 6) is 0.697.